The number of aromatic amines is 1. The number of hydrogen-bond donors (Lipinski definition) is 3. The quantitative estimate of drug-likeness (QED) is 0.716. The van der Waals surface area contributed by atoms with Crippen molar-refractivity contribution in [2.75, 3.05) is 6.61 Å². The van der Waals surface area contributed by atoms with Gasteiger partial charge < -0.3 is 10.4 Å². The van der Waals surface area contributed by atoms with E-state index in [0.29, 0.717) is 11.2 Å². The summed E-state index contributed by atoms with van der Waals surface area (Å²) in [5, 5.41) is 19.2. The summed E-state index contributed by atoms with van der Waals surface area (Å²) in [4.78, 5) is 15.9. The van der Waals surface area contributed by atoms with Crippen molar-refractivity contribution in [2.24, 2.45) is 0 Å². The minimum atomic E-state index is -0.274. The van der Waals surface area contributed by atoms with Gasteiger partial charge in [0, 0.05) is 23.3 Å². The van der Waals surface area contributed by atoms with Crippen molar-refractivity contribution in [1.82, 2.24) is 20.5 Å². The fraction of sp³-hybridized carbons (Fsp3) is 0.364. The Morgan fingerprint density at radius 2 is 2.41 bits per heavy atom. The van der Waals surface area contributed by atoms with Crippen LogP contribution in [0.25, 0.3) is 11.0 Å². The van der Waals surface area contributed by atoms with Crippen molar-refractivity contribution in [2.45, 2.75) is 19.9 Å². The SMILES string of the molecule is Cc1[nH]nc2ncc(C(=O)NC(C)CO)cc12. The second-order valence-corrected chi connectivity index (χ2v) is 4.00. The molecule has 90 valence electrons. The molecule has 0 aromatic carbocycles. The highest BCUT2D eigenvalue weighted by Crippen LogP contribution is 2.14. The van der Waals surface area contributed by atoms with E-state index >= 15 is 0 Å². The number of amides is 1. The molecule has 0 aliphatic heterocycles. The van der Waals surface area contributed by atoms with Crippen LogP contribution in [0.1, 0.15) is 23.0 Å². The average Bonchev–Trinajstić information content (AvgIpc) is 2.70. The molecule has 17 heavy (non-hydrogen) atoms. The molecule has 1 amide bonds. The van der Waals surface area contributed by atoms with Crippen LogP contribution in [-0.2, 0) is 0 Å². The van der Waals surface area contributed by atoms with E-state index in [1.807, 2.05) is 6.92 Å². The Morgan fingerprint density at radius 1 is 1.65 bits per heavy atom. The van der Waals surface area contributed by atoms with Crippen molar-refractivity contribution < 1.29 is 9.90 Å². The molecule has 0 aliphatic carbocycles. The maximum Gasteiger partial charge on any atom is 0.253 e. The Morgan fingerprint density at radius 3 is 3.12 bits per heavy atom. The first-order valence-electron chi connectivity index (χ1n) is 5.34. The van der Waals surface area contributed by atoms with Crippen LogP contribution in [0.5, 0.6) is 0 Å². The smallest absolute Gasteiger partial charge is 0.253 e. The number of nitrogens with zero attached hydrogens (tertiary/aromatic N) is 2. The van der Waals surface area contributed by atoms with Crippen LogP contribution >= 0.6 is 0 Å². The first-order chi connectivity index (χ1) is 8.11. The van der Waals surface area contributed by atoms with Gasteiger partial charge in [0.1, 0.15) is 0 Å². The molecule has 2 aromatic rings. The summed E-state index contributed by atoms with van der Waals surface area (Å²) in [6.07, 6.45) is 1.47. The molecule has 2 heterocycles. The first kappa shape index (κ1) is 11.5. The zero-order chi connectivity index (χ0) is 12.4. The Balaban J connectivity index is 2.29. The van der Waals surface area contributed by atoms with E-state index in [1.165, 1.54) is 6.20 Å². The molecule has 0 fully saturated rings. The zero-order valence-electron chi connectivity index (χ0n) is 9.69. The van der Waals surface area contributed by atoms with Crippen molar-refractivity contribution in [3.8, 4) is 0 Å². The molecular weight excluding hydrogens is 220 g/mol. The molecule has 1 unspecified atom stereocenters. The third-order valence-electron chi connectivity index (χ3n) is 2.51. The van der Waals surface area contributed by atoms with Gasteiger partial charge in [-0.2, -0.15) is 5.10 Å². The van der Waals surface area contributed by atoms with Crippen LogP contribution in [0.3, 0.4) is 0 Å². The molecule has 0 saturated heterocycles. The molecule has 6 heteroatoms. The third kappa shape index (κ3) is 2.26. The lowest BCUT2D eigenvalue weighted by atomic mass is 10.2. The Labute approximate surface area is 98.1 Å². The monoisotopic (exact) mass is 234 g/mol. The second kappa shape index (κ2) is 4.50. The highest BCUT2D eigenvalue weighted by atomic mass is 16.3. The summed E-state index contributed by atoms with van der Waals surface area (Å²) >= 11 is 0. The van der Waals surface area contributed by atoms with Gasteiger partial charge in [-0.1, -0.05) is 0 Å². The van der Waals surface area contributed by atoms with E-state index in [0.717, 1.165) is 11.1 Å². The van der Waals surface area contributed by atoms with Gasteiger partial charge in [-0.05, 0) is 19.9 Å². The van der Waals surface area contributed by atoms with Gasteiger partial charge in [0.25, 0.3) is 5.91 Å². The number of aliphatic hydroxyl groups excluding tert-OH is 1. The summed E-state index contributed by atoms with van der Waals surface area (Å²) in [5.74, 6) is -0.249. The van der Waals surface area contributed by atoms with Crippen LogP contribution in [0.2, 0.25) is 0 Å². The molecule has 0 spiro atoms. The molecule has 2 rings (SSSR count). The van der Waals surface area contributed by atoms with Crippen LogP contribution in [0, 0.1) is 6.92 Å². The predicted molar refractivity (Wildman–Crippen MR) is 62.6 cm³/mol. The summed E-state index contributed by atoms with van der Waals surface area (Å²) in [6.45, 7) is 3.51. The number of aliphatic hydroxyl groups is 1. The molecule has 0 radical (unpaired) electrons. The van der Waals surface area contributed by atoms with Crippen LogP contribution in [-0.4, -0.2) is 38.8 Å². The standard InChI is InChI=1S/C11H14N4O2/c1-6(5-16)13-11(17)8-3-9-7(2)14-15-10(9)12-4-8/h3-4,6,16H,5H2,1-2H3,(H,13,17)(H,12,14,15). The van der Waals surface area contributed by atoms with Crippen molar-refractivity contribution in [1.29, 1.82) is 0 Å². The lowest BCUT2D eigenvalue weighted by molar-refractivity contribution is 0.0922. The van der Waals surface area contributed by atoms with Gasteiger partial charge >= 0.3 is 0 Å². The fourth-order valence-corrected chi connectivity index (χ4v) is 1.50. The zero-order valence-corrected chi connectivity index (χ0v) is 9.69. The molecule has 1 atom stereocenters. The van der Waals surface area contributed by atoms with Gasteiger partial charge in [-0.15, -0.1) is 0 Å². The molecular formula is C11H14N4O2. The first-order valence-corrected chi connectivity index (χ1v) is 5.34. The van der Waals surface area contributed by atoms with Crippen molar-refractivity contribution in [3.05, 3.63) is 23.5 Å². The minimum Gasteiger partial charge on any atom is -0.394 e. The van der Waals surface area contributed by atoms with Crippen molar-refractivity contribution >= 4 is 16.9 Å². The number of rotatable bonds is 3. The van der Waals surface area contributed by atoms with E-state index in [2.05, 4.69) is 20.5 Å². The third-order valence-corrected chi connectivity index (χ3v) is 2.51. The van der Waals surface area contributed by atoms with Crippen molar-refractivity contribution in [3.63, 3.8) is 0 Å². The molecule has 0 aliphatic rings. The van der Waals surface area contributed by atoms with Crippen LogP contribution in [0.15, 0.2) is 12.3 Å². The summed E-state index contributed by atoms with van der Waals surface area (Å²) < 4.78 is 0. The normalized spacial score (nSPS) is 12.6. The molecule has 6 nitrogen and oxygen atoms in total. The molecule has 3 N–H and O–H groups in total. The summed E-state index contributed by atoms with van der Waals surface area (Å²) in [7, 11) is 0. The second-order valence-electron chi connectivity index (χ2n) is 4.00. The van der Waals surface area contributed by atoms with E-state index in [1.54, 1.807) is 13.0 Å². The summed E-state index contributed by atoms with van der Waals surface area (Å²) in [5.41, 5.74) is 1.92. The van der Waals surface area contributed by atoms with E-state index in [-0.39, 0.29) is 18.6 Å². The predicted octanol–water partition coefficient (Wildman–Crippen LogP) is 0.377. The maximum atomic E-state index is 11.8. The van der Waals surface area contributed by atoms with Crippen LogP contribution in [0.4, 0.5) is 0 Å². The van der Waals surface area contributed by atoms with Gasteiger partial charge in [0.15, 0.2) is 5.65 Å². The number of nitrogens with one attached hydrogen (secondary N) is 2. The number of carbonyl (C=O) groups is 1. The molecule has 0 bridgehead atoms. The Hall–Kier alpha value is -1.95. The van der Waals surface area contributed by atoms with E-state index < -0.39 is 0 Å². The summed E-state index contributed by atoms with van der Waals surface area (Å²) in [6, 6.07) is 1.46. The Bertz CT molecular complexity index is 549. The number of H-pyrrole nitrogens is 1. The minimum absolute atomic E-state index is 0.0911. The van der Waals surface area contributed by atoms with E-state index in [9.17, 15) is 4.79 Å². The highest BCUT2D eigenvalue weighted by molar-refractivity contribution is 5.97. The number of carbonyl (C=O) groups excluding carboxylic acids is 1. The maximum absolute atomic E-state index is 11.8. The van der Waals surface area contributed by atoms with E-state index in [4.69, 9.17) is 5.11 Å². The molecule has 0 saturated carbocycles. The lowest BCUT2D eigenvalue weighted by Gasteiger charge is -2.10. The topological polar surface area (TPSA) is 90.9 Å². The molecule has 2 aromatic heterocycles. The fourth-order valence-electron chi connectivity index (χ4n) is 1.50. The lowest BCUT2D eigenvalue weighted by Crippen LogP contribution is -2.35. The average molecular weight is 234 g/mol. The van der Waals surface area contributed by atoms with Gasteiger partial charge in [-0.3, -0.25) is 9.89 Å². The van der Waals surface area contributed by atoms with Crippen LogP contribution < -0.4 is 5.32 Å². The number of pyridine rings is 1. The number of hydrogen-bond acceptors (Lipinski definition) is 4. The number of aryl methyl sites for hydroxylation is 1. The van der Waals surface area contributed by atoms with Gasteiger partial charge in [0.05, 0.1) is 12.2 Å². The highest BCUT2D eigenvalue weighted by Gasteiger charge is 2.11. The van der Waals surface area contributed by atoms with Gasteiger partial charge in [-0.25, -0.2) is 4.98 Å². The largest absolute Gasteiger partial charge is 0.394 e. The van der Waals surface area contributed by atoms with Gasteiger partial charge in [0.2, 0.25) is 0 Å². The number of aromatic nitrogens is 3. The number of fused-ring (bicyclic) bond motifs is 1. The Kier molecular flexibility index (Phi) is 3.06.